The van der Waals surface area contributed by atoms with E-state index in [0.717, 1.165) is 28.7 Å². The molecule has 3 heterocycles. The highest BCUT2D eigenvalue weighted by molar-refractivity contribution is 7.99. The number of pyridine rings is 1. The van der Waals surface area contributed by atoms with Crippen molar-refractivity contribution in [3.05, 3.63) is 54.6 Å². The van der Waals surface area contributed by atoms with Gasteiger partial charge in [-0.2, -0.15) is 0 Å². The maximum absolute atomic E-state index is 13.4. The van der Waals surface area contributed by atoms with Gasteiger partial charge in [-0.3, -0.25) is 9.55 Å². The lowest BCUT2D eigenvalue weighted by atomic mass is 10.2. The maximum Gasteiger partial charge on any atom is 0.196 e. The molecule has 2 aromatic heterocycles. The van der Waals surface area contributed by atoms with Gasteiger partial charge in [0, 0.05) is 35.9 Å². The zero-order chi connectivity index (χ0) is 17.8. The molecule has 0 bridgehead atoms. The van der Waals surface area contributed by atoms with Crippen LogP contribution < -0.4 is 0 Å². The second kappa shape index (κ2) is 9.30. The Kier molecular flexibility index (Phi) is 6.82. The third kappa shape index (κ3) is 4.66. The van der Waals surface area contributed by atoms with Gasteiger partial charge in [0.15, 0.2) is 11.0 Å². The van der Waals surface area contributed by atoms with Gasteiger partial charge in [0.05, 0.1) is 0 Å². The summed E-state index contributed by atoms with van der Waals surface area (Å²) >= 11 is 1.68. The van der Waals surface area contributed by atoms with Gasteiger partial charge in [0.2, 0.25) is 0 Å². The van der Waals surface area contributed by atoms with Crippen molar-refractivity contribution in [1.82, 2.24) is 24.6 Å². The number of halogens is 2. The Morgan fingerprint density at radius 3 is 2.52 bits per heavy atom. The second-order valence-electron chi connectivity index (χ2n) is 6.26. The fourth-order valence-electron chi connectivity index (χ4n) is 3.14. The third-order valence-corrected chi connectivity index (χ3v) is 5.38. The molecule has 1 aromatic carbocycles. The molecule has 4 rings (SSSR count). The molecule has 0 aliphatic carbocycles. The predicted molar refractivity (Wildman–Crippen MR) is 108 cm³/mol. The lowest BCUT2D eigenvalue weighted by molar-refractivity contribution is 0.362. The first-order chi connectivity index (χ1) is 12.8. The van der Waals surface area contributed by atoms with E-state index in [0.29, 0.717) is 5.82 Å². The molecular formula is C19H21ClFN5S. The highest BCUT2D eigenvalue weighted by atomic mass is 35.5. The van der Waals surface area contributed by atoms with Crippen molar-refractivity contribution in [2.45, 2.75) is 18.0 Å². The zero-order valence-corrected chi connectivity index (χ0v) is 16.4. The molecule has 5 nitrogen and oxygen atoms in total. The van der Waals surface area contributed by atoms with Crippen LogP contribution in [0, 0.1) is 5.82 Å². The smallest absolute Gasteiger partial charge is 0.196 e. The molecule has 1 aliphatic rings. The van der Waals surface area contributed by atoms with E-state index >= 15 is 0 Å². The van der Waals surface area contributed by atoms with Gasteiger partial charge in [0.1, 0.15) is 5.82 Å². The Labute approximate surface area is 168 Å². The summed E-state index contributed by atoms with van der Waals surface area (Å²) in [4.78, 5) is 6.66. The van der Waals surface area contributed by atoms with Crippen molar-refractivity contribution < 1.29 is 4.39 Å². The van der Waals surface area contributed by atoms with Gasteiger partial charge in [-0.1, -0.05) is 11.8 Å². The molecule has 3 aromatic rings. The van der Waals surface area contributed by atoms with Crippen LogP contribution in [0.3, 0.4) is 0 Å². The summed E-state index contributed by atoms with van der Waals surface area (Å²) in [7, 11) is 0. The third-order valence-electron chi connectivity index (χ3n) is 4.48. The molecule has 0 unspecified atom stereocenters. The Morgan fingerprint density at radius 2 is 1.81 bits per heavy atom. The summed E-state index contributed by atoms with van der Waals surface area (Å²) in [6.07, 6.45) is 6.08. The minimum atomic E-state index is -0.256. The van der Waals surface area contributed by atoms with E-state index in [1.165, 1.54) is 38.1 Å². The van der Waals surface area contributed by atoms with Crippen molar-refractivity contribution in [3.8, 4) is 17.1 Å². The van der Waals surface area contributed by atoms with Crippen LogP contribution in [0.2, 0.25) is 0 Å². The van der Waals surface area contributed by atoms with E-state index in [4.69, 9.17) is 0 Å². The average molecular weight is 406 g/mol. The highest BCUT2D eigenvalue weighted by Crippen LogP contribution is 2.28. The van der Waals surface area contributed by atoms with Gasteiger partial charge in [-0.05, 0) is 62.3 Å². The first-order valence-corrected chi connectivity index (χ1v) is 9.77. The monoisotopic (exact) mass is 405 g/mol. The van der Waals surface area contributed by atoms with Crippen molar-refractivity contribution in [2.24, 2.45) is 0 Å². The van der Waals surface area contributed by atoms with Crippen molar-refractivity contribution >= 4 is 24.2 Å². The number of hydrogen-bond acceptors (Lipinski definition) is 5. The molecule has 8 heteroatoms. The lowest BCUT2D eigenvalue weighted by Gasteiger charge is -2.14. The standard InChI is InChI=1S/C19H20FN5S.ClH/c20-16-5-7-17(8-6-16)25-18(15-4-3-9-21-14-15)22-23-19(25)26-13-12-24-10-1-2-11-24;/h3-9,14H,1-2,10-13H2;1H. The van der Waals surface area contributed by atoms with Gasteiger partial charge < -0.3 is 4.90 Å². The number of nitrogens with zero attached hydrogens (tertiary/aromatic N) is 5. The molecule has 1 aliphatic heterocycles. The number of benzene rings is 1. The quantitative estimate of drug-likeness (QED) is 0.578. The van der Waals surface area contributed by atoms with E-state index in [1.54, 1.807) is 36.3 Å². The first-order valence-electron chi connectivity index (χ1n) is 8.78. The number of aromatic nitrogens is 4. The molecule has 142 valence electrons. The van der Waals surface area contributed by atoms with Crippen LogP contribution in [0.1, 0.15) is 12.8 Å². The van der Waals surface area contributed by atoms with Gasteiger partial charge in [-0.25, -0.2) is 4.39 Å². The summed E-state index contributed by atoms with van der Waals surface area (Å²) in [5, 5.41) is 9.59. The average Bonchev–Trinajstić information content (AvgIpc) is 3.33. The lowest BCUT2D eigenvalue weighted by Crippen LogP contribution is -2.22. The van der Waals surface area contributed by atoms with E-state index in [-0.39, 0.29) is 18.2 Å². The number of thioether (sulfide) groups is 1. The highest BCUT2D eigenvalue weighted by Gasteiger charge is 2.17. The summed E-state index contributed by atoms with van der Waals surface area (Å²) in [6, 6.07) is 10.3. The Morgan fingerprint density at radius 1 is 1.04 bits per heavy atom. The fraction of sp³-hybridized carbons (Fsp3) is 0.316. The van der Waals surface area contributed by atoms with Crippen LogP contribution in [0.15, 0.2) is 53.9 Å². The van der Waals surface area contributed by atoms with Crippen LogP contribution in [0.25, 0.3) is 17.1 Å². The summed E-state index contributed by atoms with van der Waals surface area (Å²) < 4.78 is 15.3. The normalized spacial score (nSPS) is 14.3. The molecule has 1 saturated heterocycles. The Hall–Kier alpha value is -1.96. The van der Waals surface area contributed by atoms with Crippen LogP contribution in [0.4, 0.5) is 4.39 Å². The summed E-state index contributed by atoms with van der Waals surface area (Å²) in [5.41, 5.74) is 1.73. The van der Waals surface area contributed by atoms with Gasteiger partial charge in [0.25, 0.3) is 0 Å². The van der Waals surface area contributed by atoms with Gasteiger partial charge >= 0.3 is 0 Å². The van der Waals surface area contributed by atoms with E-state index in [1.807, 2.05) is 16.7 Å². The van der Waals surface area contributed by atoms with Crippen LogP contribution in [-0.2, 0) is 0 Å². The number of hydrogen-bond donors (Lipinski definition) is 0. The molecule has 0 N–H and O–H groups in total. The van der Waals surface area contributed by atoms with Crippen molar-refractivity contribution in [1.29, 1.82) is 0 Å². The molecule has 0 atom stereocenters. The largest absolute Gasteiger partial charge is 0.303 e. The molecule has 1 fully saturated rings. The second-order valence-corrected chi connectivity index (χ2v) is 7.32. The van der Waals surface area contributed by atoms with Crippen LogP contribution >= 0.6 is 24.2 Å². The Bertz CT molecular complexity index is 850. The topological polar surface area (TPSA) is 46.8 Å². The Balaban J connectivity index is 0.00000210. The molecular weight excluding hydrogens is 385 g/mol. The number of likely N-dealkylation sites (tertiary alicyclic amines) is 1. The summed E-state index contributed by atoms with van der Waals surface area (Å²) in [6.45, 7) is 3.42. The fourth-order valence-corrected chi connectivity index (χ4v) is 4.09. The first kappa shape index (κ1) is 19.8. The minimum absolute atomic E-state index is 0. The molecule has 0 saturated carbocycles. The molecule has 0 radical (unpaired) electrons. The van der Waals surface area contributed by atoms with E-state index in [9.17, 15) is 4.39 Å². The van der Waals surface area contributed by atoms with Crippen molar-refractivity contribution in [3.63, 3.8) is 0 Å². The summed E-state index contributed by atoms with van der Waals surface area (Å²) in [5.74, 6) is 1.41. The molecule has 0 amide bonds. The molecule has 27 heavy (non-hydrogen) atoms. The number of rotatable bonds is 6. The minimum Gasteiger partial charge on any atom is -0.303 e. The predicted octanol–water partition coefficient (Wildman–Crippen LogP) is 4.08. The van der Waals surface area contributed by atoms with Crippen LogP contribution in [0.5, 0.6) is 0 Å². The van der Waals surface area contributed by atoms with Gasteiger partial charge in [-0.15, -0.1) is 22.6 Å². The van der Waals surface area contributed by atoms with E-state index < -0.39 is 0 Å². The van der Waals surface area contributed by atoms with Crippen LogP contribution in [-0.4, -0.2) is 50.0 Å². The zero-order valence-electron chi connectivity index (χ0n) is 14.8. The van der Waals surface area contributed by atoms with E-state index in [2.05, 4.69) is 20.1 Å². The molecule has 0 spiro atoms. The SMILES string of the molecule is Cl.Fc1ccc(-n2c(SCCN3CCCC3)nnc2-c2cccnc2)cc1. The maximum atomic E-state index is 13.4. The van der Waals surface area contributed by atoms with Crippen molar-refractivity contribution in [2.75, 3.05) is 25.4 Å².